The van der Waals surface area contributed by atoms with E-state index in [2.05, 4.69) is 9.97 Å². The minimum Gasteiger partial charge on any atom is -0.334 e. The first-order valence-corrected chi connectivity index (χ1v) is 6.94. The molecule has 2 heterocycles. The number of aryl methyl sites for hydroxylation is 1. The Morgan fingerprint density at radius 3 is 2.89 bits per heavy atom. The standard InChI is InChI=1S/C13H12ClN3OS/c14-8-5-6-10(15-7-8)12(18)17-11-4-2-1-3-9(11)16-13(17)19/h5-7H,1-4H2,(H,16,19). The van der Waals surface area contributed by atoms with Gasteiger partial charge in [0.25, 0.3) is 5.91 Å². The molecule has 3 rings (SSSR count). The van der Waals surface area contributed by atoms with Crippen LogP contribution in [0.5, 0.6) is 0 Å². The Labute approximate surface area is 120 Å². The lowest BCUT2D eigenvalue weighted by atomic mass is 10.0. The zero-order valence-corrected chi connectivity index (χ0v) is 11.7. The summed E-state index contributed by atoms with van der Waals surface area (Å²) in [6.07, 6.45) is 5.52. The first kappa shape index (κ1) is 12.6. The van der Waals surface area contributed by atoms with E-state index < -0.39 is 0 Å². The highest BCUT2D eigenvalue weighted by molar-refractivity contribution is 7.71. The fraction of sp³-hybridized carbons (Fsp3) is 0.308. The summed E-state index contributed by atoms with van der Waals surface area (Å²) in [5, 5.41) is 0.510. The Kier molecular flexibility index (Phi) is 3.24. The van der Waals surface area contributed by atoms with Crippen molar-refractivity contribution in [3.8, 4) is 0 Å². The lowest BCUT2D eigenvalue weighted by Crippen LogP contribution is -2.18. The molecule has 0 aromatic carbocycles. The highest BCUT2D eigenvalue weighted by Crippen LogP contribution is 2.21. The van der Waals surface area contributed by atoms with Crippen LogP contribution >= 0.6 is 23.8 Å². The molecule has 19 heavy (non-hydrogen) atoms. The lowest BCUT2D eigenvalue weighted by Gasteiger charge is -2.13. The monoisotopic (exact) mass is 293 g/mol. The Bertz CT molecular complexity index is 687. The maximum atomic E-state index is 12.5. The molecule has 1 aliphatic carbocycles. The molecular formula is C13H12ClN3OS. The molecule has 0 bridgehead atoms. The van der Waals surface area contributed by atoms with E-state index in [9.17, 15) is 4.79 Å². The van der Waals surface area contributed by atoms with E-state index in [-0.39, 0.29) is 5.91 Å². The number of imidazole rings is 1. The number of hydrogen-bond donors (Lipinski definition) is 1. The normalized spacial score (nSPS) is 14.2. The van der Waals surface area contributed by atoms with Crippen molar-refractivity contribution in [2.45, 2.75) is 25.7 Å². The van der Waals surface area contributed by atoms with Gasteiger partial charge >= 0.3 is 0 Å². The van der Waals surface area contributed by atoms with E-state index in [1.54, 1.807) is 16.7 Å². The number of rotatable bonds is 1. The van der Waals surface area contributed by atoms with Crippen molar-refractivity contribution in [1.82, 2.24) is 14.5 Å². The SMILES string of the molecule is O=C(c1ccc(Cl)cn1)n1c2c([nH]c1=S)CCCC2. The van der Waals surface area contributed by atoms with Gasteiger partial charge in [0.15, 0.2) is 4.77 Å². The third kappa shape index (κ3) is 2.24. The number of nitrogens with zero attached hydrogens (tertiary/aromatic N) is 2. The topological polar surface area (TPSA) is 50.7 Å². The molecule has 0 atom stereocenters. The minimum absolute atomic E-state index is 0.193. The van der Waals surface area contributed by atoms with E-state index in [1.807, 2.05) is 0 Å². The Hall–Kier alpha value is -1.46. The molecule has 0 radical (unpaired) electrons. The van der Waals surface area contributed by atoms with Crippen LogP contribution in [0.1, 0.15) is 34.7 Å². The number of carbonyl (C=O) groups excluding carboxylic acids is 1. The van der Waals surface area contributed by atoms with Crippen LogP contribution in [0.4, 0.5) is 0 Å². The van der Waals surface area contributed by atoms with Crippen molar-refractivity contribution in [2.24, 2.45) is 0 Å². The Morgan fingerprint density at radius 1 is 1.37 bits per heavy atom. The summed E-state index contributed by atoms with van der Waals surface area (Å²) in [7, 11) is 0. The minimum atomic E-state index is -0.193. The second-order valence-electron chi connectivity index (χ2n) is 4.56. The number of aromatic nitrogens is 3. The summed E-state index contributed by atoms with van der Waals surface area (Å²) >= 11 is 11.0. The van der Waals surface area contributed by atoms with E-state index in [1.165, 1.54) is 6.20 Å². The fourth-order valence-corrected chi connectivity index (χ4v) is 2.84. The molecule has 2 aromatic heterocycles. The quantitative estimate of drug-likeness (QED) is 0.822. The molecule has 0 amide bonds. The van der Waals surface area contributed by atoms with Crippen molar-refractivity contribution < 1.29 is 4.79 Å². The second kappa shape index (κ2) is 4.90. The maximum Gasteiger partial charge on any atom is 0.283 e. The molecule has 0 saturated carbocycles. The summed E-state index contributed by atoms with van der Waals surface area (Å²) in [5.74, 6) is -0.193. The molecule has 0 saturated heterocycles. The molecule has 0 fully saturated rings. The van der Waals surface area contributed by atoms with Crippen LogP contribution in [-0.4, -0.2) is 20.4 Å². The van der Waals surface area contributed by atoms with E-state index in [0.717, 1.165) is 37.1 Å². The van der Waals surface area contributed by atoms with E-state index in [4.69, 9.17) is 23.8 Å². The number of H-pyrrole nitrogens is 1. The zero-order valence-electron chi connectivity index (χ0n) is 10.1. The van der Waals surface area contributed by atoms with Crippen molar-refractivity contribution in [3.63, 3.8) is 0 Å². The summed E-state index contributed by atoms with van der Waals surface area (Å²) < 4.78 is 2.02. The fourth-order valence-electron chi connectivity index (χ4n) is 2.41. The van der Waals surface area contributed by atoms with Crippen LogP contribution < -0.4 is 0 Å². The van der Waals surface area contributed by atoms with Gasteiger partial charge in [-0.25, -0.2) is 4.98 Å². The van der Waals surface area contributed by atoms with Crippen LogP contribution in [0.15, 0.2) is 18.3 Å². The van der Waals surface area contributed by atoms with Gasteiger partial charge in [-0.1, -0.05) is 11.6 Å². The lowest BCUT2D eigenvalue weighted by molar-refractivity contribution is 0.0950. The van der Waals surface area contributed by atoms with Crippen molar-refractivity contribution in [3.05, 3.63) is 45.2 Å². The van der Waals surface area contributed by atoms with Crippen molar-refractivity contribution in [1.29, 1.82) is 0 Å². The summed E-state index contributed by atoms with van der Waals surface area (Å²) in [4.78, 5) is 19.7. The zero-order chi connectivity index (χ0) is 13.4. The predicted octanol–water partition coefficient (Wildman–Crippen LogP) is 3.16. The van der Waals surface area contributed by atoms with Crippen LogP contribution in [-0.2, 0) is 12.8 Å². The number of fused-ring (bicyclic) bond motifs is 1. The first-order chi connectivity index (χ1) is 9.16. The summed E-state index contributed by atoms with van der Waals surface area (Å²) in [6.45, 7) is 0. The van der Waals surface area contributed by atoms with E-state index >= 15 is 0 Å². The van der Waals surface area contributed by atoms with Gasteiger partial charge in [-0.2, -0.15) is 0 Å². The van der Waals surface area contributed by atoms with E-state index in [0.29, 0.717) is 15.5 Å². The average Bonchev–Trinajstić information content (AvgIpc) is 2.74. The van der Waals surface area contributed by atoms with Crippen LogP contribution in [0.25, 0.3) is 0 Å². The second-order valence-corrected chi connectivity index (χ2v) is 5.39. The van der Waals surface area contributed by atoms with Gasteiger partial charge in [-0.3, -0.25) is 9.36 Å². The van der Waals surface area contributed by atoms with Gasteiger partial charge in [-0.15, -0.1) is 0 Å². The van der Waals surface area contributed by atoms with Gasteiger partial charge in [0.05, 0.1) is 5.02 Å². The highest BCUT2D eigenvalue weighted by atomic mass is 35.5. The number of pyridine rings is 1. The number of aromatic amines is 1. The van der Waals surface area contributed by atoms with Gasteiger partial charge in [-0.05, 0) is 50.0 Å². The molecule has 4 nitrogen and oxygen atoms in total. The molecule has 0 unspecified atom stereocenters. The highest BCUT2D eigenvalue weighted by Gasteiger charge is 2.21. The summed E-state index contributed by atoms with van der Waals surface area (Å²) in [6, 6.07) is 3.28. The maximum absolute atomic E-state index is 12.5. The molecule has 0 aliphatic heterocycles. The largest absolute Gasteiger partial charge is 0.334 e. The molecule has 98 valence electrons. The molecular weight excluding hydrogens is 282 g/mol. The van der Waals surface area contributed by atoms with Crippen molar-refractivity contribution >= 4 is 29.7 Å². The van der Waals surface area contributed by atoms with Crippen LogP contribution in [0, 0.1) is 4.77 Å². The first-order valence-electron chi connectivity index (χ1n) is 6.16. The average molecular weight is 294 g/mol. The van der Waals surface area contributed by atoms with Gasteiger partial charge in [0.2, 0.25) is 0 Å². The summed E-state index contributed by atoms with van der Waals surface area (Å²) in [5.41, 5.74) is 2.43. The Balaban J connectivity index is 2.07. The molecule has 2 aromatic rings. The molecule has 1 aliphatic rings. The number of nitrogens with one attached hydrogen (secondary N) is 1. The smallest absolute Gasteiger partial charge is 0.283 e. The third-order valence-electron chi connectivity index (χ3n) is 3.32. The third-order valence-corrected chi connectivity index (χ3v) is 3.83. The molecule has 1 N–H and O–H groups in total. The van der Waals surface area contributed by atoms with Crippen molar-refractivity contribution in [2.75, 3.05) is 0 Å². The van der Waals surface area contributed by atoms with Crippen LogP contribution in [0.2, 0.25) is 5.02 Å². The molecule has 0 spiro atoms. The predicted molar refractivity (Wildman–Crippen MR) is 75.2 cm³/mol. The number of hydrogen-bond acceptors (Lipinski definition) is 3. The Morgan fingerprint density at radius 2 is 2.16 bits per heavy atom. The van der Waals surface area contributed by atoms with Gasteiger partial charge in [0, 0.05) is 17.6 Å². The van der Waals surface area contributed by atoms with Gasteiger partial charge < -0.3 is 4.98 Å². The van der Waals surface area contributed by atoms with Gasteiger partial charge in [0.1, 0.15) is 5.69 Å². The number of carbonyl (C=O) groups is 1. The number of halogens is 1. The van der Waals surface area contributed by atoms with Crippen LogP contribution in [0.3, 0.4) is 0 Å². The molecule has 6 heteroatoms.